The monoisotopic (exact) mass is 318 g/mol. The number of hydrogen-bond acceptors (Lipinski definition) is 5. The Morgan fingerprint density at radius 1 is 1.40 bits per heavy atom. The van der Waals surface area contributed by atoms with E-state index in [0.717, 1.165) is 5.25 Å². The Morgan fingerprint density at radius 3 is 2.90 bits per heavy atom. The fourth-order valence-corrected chi connectivity index (χ4v) is 4.26. The standard InChI is InChI=1S/C13H22N2O3S2/c1-3-19-12-6-4-10(8-12)15-9-11-5-7-13(18-11)20(16,17)14-2/h5,7,10,12,14-15H,3-4,6,8-9H2,1-2H3. The third kappa shape index (κ3) is 4.00. The predicted octanol–water partition coefficient (Wildman–Crippen LogP) is 1.95. The van der Waals surface area contributed by atoms with Crippen molar-refractivity contribution in [2.24, 2.45) is 0 Å². The molecule has 114 valence electrons. The summed E-state index contributed by atoms with van der Waals surface area (Å²) in [6, 6.07) is 3.71. The summed E-state index contributed by atoms with van der Waals surface area (Å²) < 4.78 is 30.7. The average Bonchev–Trinajstić information content (AvgIpc) is 3.06. The number of thioether (sulfide) groups is 1. The Morgan fingerprint density at radius 2 is 2.20 bits per heavy atom. The molecule has 2 rings (SSSR count). The van der Waals surface area contributed by atoms with Gasteiger partial charge in [-0.05, 0) is 44.2 Å². The number of nitrogens with one attached hydrogen (secondary N) is 2. The molecule has 1 fully saturated rings. The first-order valence-corrected chi connectivity index (χ1v) is 9.45. The molecule has 20 heavy (non-hydrogen) atoms. The van der Waals surface area contributed by atoms with Gasteiger partial charge in [0.25, 0.3) is 10.0 Å². The van der Waals surface area contributed by atoms with Crippen molar-refractivity contribution >= 4 is 21.8 Å². The van der Waals surface area contributed by atoms with E-state index in [1.165, 1.54) is 38.1 Å². The summed E-state index contributed by atoms with van der Waals surface area (Å²) in [7, 11) is -2.10. The van der Waals surface area contributed by atoms with Gasteiger partial charge in [-0.15, -0.1) is 0 Å². The maximum atomic E-state index is 11.6. The van der Waals surface area contributed by atoms with Crippen molar-refractivity contribution in [3.05, 3.63) is 17.9 Å². The average molecular weight is 318 g/mol. The van der Waals surface area contributed by atoms with Crippen LogP contribution in [0.3, 0.4) is 0 Å². The minimum Gasteiger partial charge on any atom is -0.447 e. The SMILES string of the molecule is CCSC1CCC(NCc2ccc(S(=O)(=O)NC)o2)C1. The highest BCUT2D eigenvalue weighted by atomic mass is 32.2. The highest BCUT2D eigenvalue weighted by Crippen LogP contribution is 2.29. The van der Waals surface area contributed by atoms with Crippen molar-refractivity contribution in [3.63, 3.8) is 0 Å². The number of sulfonamides is 1. The highest BCUT2D eigenvalue weighted by Gasteiger charge is 2.24. The molecule has 0 amide bonds. The molecule has 2 unspecified atom stereocenters. The zero-order valence-electron chi connectivity index (χ0n) is 11.9. The third-order valence-corrected chi connectivity index (χ3v) is 6.04. The van der Waals surface area contributed by atoms with Crippen molar-refractivity contribution in [2.45, 2.75) is 49.1 Å². The first-order valence-electron chi connectivity index (χ1n) is 6.92. The molecule has 0 saturated heterocycles. The molecule has 0 bridgehead atoms. The Hall–Kier alpha value is -0.500. The molecule has 0 aliphatic heterocycles. The molecule has 2 atom stereocenters. The van der Waals surface area contributed by atoms with Gasteiger partial charge in [-0.3, -0.25) is 0 Å². The van der Waals surface area contributed by atoms with E-state index in [0.29, 0.717) is 18.3 Å². The minimum absolute atomic E-state index is 0.0253. The fourth-order valence-electron chi connectivity index (χ4n) is 2.46. The second-order valence-electron chi connectivity index (χ2n) is 4.90. The van der Waals surface area contributed by atoms with Crippen LogP contribution in [0.1, 0.15) is 31.9 Å². The van der Waals surface area contributed by atoms with E-state index in [2.05, 4.69) is 17.0 Å². The van der Waals surface area contributed by atoms with E-state index in [9.17, 15) is 8.42 Å². The van der Waals surface area contributed by atoms with Gasteiger partial charge in [0, 0.05) is 11.3 Å². The fraction of sp³-hybridized carbons (Fsp3) is 0.692. The zero-order valence-corrected chi connectivity index (χ0v) is 13.5. The molecule has 1 aliphatic rings. The lowest BCUT2D eigenvalue weighted by atomic mass is 10.2. The maximum Gasteiger partial charge on any atom is 0.273 e. The van der Waals surface area contributed by atoms with Crippen LogP contribution in [0.4, 0.5) is 0 Å². The number of hydrogen-bond donors (Lipinski definition) is 2. The summed E-state index contributed by atoms with van der Waals surface area (Å²) in [6.45, 7) is 2.77. The van der Waals surface area contributed by atoms with E-state index in [1.807, 2.05) is 11.8 Å². The van der Waals surface area contributed by atoms with E-state index in [1.54, 1.807) is 6.07 Å². The summed E-state index contributed by atoms with van der Waals surface area (Å²) in [4.78, 5) is 0. The molecule has 1 heterocycles. The van der Waals surface area contributed by atoms with Crippen LogP contribution in [0.5, 0.6) is 0 Å². The molecular formula is C13H22N2O3S2. The second kappa shape index (κ2) is 6.98. The van der Waals surface area contributed by atoms with E-state index in [-0.39, 0.29) is 5.09 Å². The number of furan rings is 1. The van der Waals surface area contributed by atoms with Crippen LogP contribution in [0.2, 0.25) is 0 Å². The summed E-state index contributed by atoms with van der Waals surface area (Å²) in [5, 5.41) is 4.18. The Bertz CT molecular complexity index is 527. The lowest BCUT2D eigenvalue weighted by Gasteiger charge is -2.11. The molecule has 1 saturated carbocycles. The maximum absolute atomic E-state index is 11.6. The molecule has 7 heteroatoms. The highest BCUT2D eigenvalue weighted by molar-refractivity contribution is 7.99. The molecule has 0 aromatic carbocycles. The second-order valence-corrected chi connectivity index (χ2v) is 8.29. The zero-order chi connectivity index (χ0) is 14.6. The van der Waals surface area contributed by atoms with Gasteiger partial charge in [0.05, 0.1) is 6.54 Å². The van der Waals surface area contributed by atoms with Gasteiger partial charge in [-0.2, -0.15) is 11.8 Å². The van der Waals surface area contributed by atoms with Gasteiger partial charge in [0.2, 0.25) is 5.09 Å². The number of rotatable bonds is 7. The summed E-state index contributed by atoms with van der Waals surface area (Å²) in [5.74, 6) is 1.83. The predicted molar refractivity (Wildman–Crippen MR) is 81.4 cm³/mol. The van der Waals surface area contributed by atoms with Gasteiger partial charge in [-0.25, -0.2) is 13.1 Å². The van der Waals surface area contributed by atoms with E-state index >= 15 is 0 Å². The molecule has 1 aliphatic carbocycles. The van der Waals surface area contributed by atoms with Crippen molar-refractivity contribution in [3.8, 4) is 0 Å². The summed E-state index contributed by atoms with van der Waals surface area (Å²) in [5.41, 5.74) is 0. The quantitative estimate of drug-likeness (QED) is 0.804. The molecule has 0 spiro atoms. The van der Waals surface area contributed by atoms with Crippen LogP contribution in [0, 0.1) is 0 Å². The van der Waals surface area contributed by atoms with Crippen molar-refractivity contribution in [1.29, 1.82) is 0 Å². The minimum atomic E-state index is -3.48. The van der Waals surface area contributed by atoms with Gasteiger partial charge in [0.15, 0.2) is 0 Å². The van der Waals surface area contributed by atoms with Crippen molar-refractivity contribution < 1.29 is 12.8 Å². The largest absolute Gasteiger partial charge is 0.447 e. The lowest BCUT2D eigenvalue weighted by molar-refractivity contribution is 0.387. The Kier molecular flexibility index (Phi) is 5.54. The van der Waals surface area contributed by atoms with Crippen LogP contribution >= 0.6 is 11.8 Å². The van der Waals surface area contributed by atoms with Gasteiger partial charge in [0.1, 0.15) is 5.76 Å². The molecule has 1 aromatic rings. The molecule has 5 nitrogen and oxygen atoms in total. The van der Waals surface area contributed by atoms with E-state index in [4.69, 9.17) is 4.42 Å². The molecule has 0 radical (unpaired) electrons. The van der Waals surface area contributed by atoms with Crippen LogP contribution in [-0.4, -0.2) is 32.5 Å². The lowest BCUT2D eigenvalue weighted by Crippen LogP contribution is -2.26. The van der Waals surface area contributed by atoms with E-state index < -0.39 is 10.0 Å². The van der Waals surface area contributed by atoms with Crippen LogP contribution in [0.25, 0.3) is 0 Å². The van der Waals surface area contributed by atoms with Gasteiger partial charge in [-0.1, -0.05) is 6.92 Å². The molecular weight excluding hydrogens is 296 g/mol. The van der Waals surface area contributed by atoms with Crippen molar-refractivity contribution in [2.75, 3.05) is 12.8 Å². The smallest absolute Gasteiger partial charge is 0.273 e. The van der Waals surface area contributed by atoms with Gasteiger partial charge >= 0.3 is 0 Å². The molecule has 2 N–H and O–H groups in total. The first kappa shape index (κ1) is 15.9. The Balaban J connectivity index is 1.84. The van der Waals surface area contributed by atoms with Gasteiger partial charge < -0.3 is 9.73 Å². The van der Waals surface area contributed by atoms with Crippen molar-refractivity contribution in [1.82, 2.24) is 10.0 Å². The van der Waals surface area contributed by atoms with Crippen LogP contribution in [-0.2, 0) is 16.6 Å². The Labute approximate surface area is 124 Å². The summed E-state index contributed by atoms with van der Waals surface area (Å²) in [6.07, 6.45) is 3.62. The normalized spacial score (nSPS) is 23.3. The van der Waals surface area contributed by atoms with Crippen LogP contribution in [0.15, 0.2) is 21.6 Å². The first-order chi connectivity index (χ1) is 9.55. The third-order valence-electron chi connectivity index (χ3n) is 3.52. The topological polar surface area (TPSA) is 71.3 Å². The van der Waals surface area contributed by atoms with Crippen LogP contribution < -0.4 is 10.0 Å². The molecule has 1 aromatic heterocycles. The summed E-state index contributed by atoms with van der Waals surface area (Å²) >= 11 is 2.02.